The molecule has 0 rings (SSSR count). The average molecular weight is 117 g/mol. The van der Waals surface area contributed by atoms with Crippen LogP contribution in [-0.4, -0.2) is 23.0 Å². The third-order valence-corrected chi connectivity index (χ3v) is 1.30. The zero-order valence-corrected chi connectivity index (χ0v) is 7.49. The van der Waals surface area contributed by atoms with Crippen LogP contribution < -0.4 is 5.32 Å². The molecule has 7 heavy (non-hydrogen) atoms. The molecule has 0 saturated carbocycles. The number of nitrogens with one attached hydrogen (secondary N) is 1. The maximum Gasteiger partial charge on any atom is 0.0201 e. The van der Waals surface area contributed by atoms with Crippen molar-refractivity contribution in [1.29, 1.82) is 0 Å². The van der Waals surface area contributed by atoms with Gasteiger partial charge in [0.1, 0.15) is 0 Å². The Labute approximate surface area is 48.9 Å². The Bertz CT molecular complexity index is 37.1. The second kappa shape index (κ2) is 4.34. The molecule has 0 amide bonds. The minimum Gasteiger partial charge on any atom is -0.320 e. The fourth-order valence-corrected chi connectivity index (χ4v) is 0.722. The Balaban J connectivity index is 2.68. The molecule has 0 unspecified atom stereocenters. The molecular weight excluding hydrogens is 102 g/mol. The first kappa shape index (κ1) is 7.18. The summed E-state index contributed by atoms with van der Waals surface area (Å²) in [6.07, 6.45) is 1.23. The van der Waals surface area contributed by atoms with Gasteiger partial charge in [0.25, 0.3) is 0 Å². The number of hydrogen-bond acceptors (Lipinski definition) is 1. The van der Waals surface area contributed by atoms with Crippen LogP contribution in [0.4, 0.5) is 0 Å². The van der Waals surface area contributed by atoms with Gasteiger partial charge in [-0.1, -0.05) is 13.8 Å². The van der Waals surface area contributed by atoms with Crippen molar-refractivity contribution in [3.05, 3.63) is 0 Å². The van der Waals surface area contributed by atoms with Crippen molar-refractivity contribution < 1.29 is 0 Å². The van der Waals surface area contributed by atoms with Crippen LogP contribution in [0.25, 0.3) is 0 Å². The van der Waals surface area contributed by atoms with Crippen LogP contribution >= 0.6 is 0 Å². The molecule has 0 aromatic rings. The fourth-order valence-electron chi connectivity index (χ4n) is 0.433. The summed E-state index contributed by atoms with van der Waals surface area (Å²) >= 11 is 0. The van der Waals surface area contributed by atoms with E-state index in [1.165, 1.54) is 23.0 Å². The summed E-state index contributed by atoms with van der Waals surface area (Å²) in [5.41, 5.74) is 0. The molecule has 1 N–H and O–H groups in total. The summed E-state index contributed by atoms with van der Waals surface area (Å²) in [6.45, 7) is 5.64. The maximum atomic E-state index is 3.31. The summed E-state index contributed by atoms with van der Waals surface area (Å²) in [4.78, 5) is 0. The minimum absolute atomic E-state index is 0.814. The van der Waals surface area contributed by atoms with Crippen molar-refractivity contribution in [2.75, 3.05) is 12.7 Å². The van der Waals surface area contributed by atoms with Gasteiger partial charge in [-0.3, -0.25) is 0 Å². The van der Waals surface area contributed by atoms with E-state index in [-0.39, 0.29) is 0 Å². The maximum absolute atomic E-state index is 3.31. The fraction of sp³-hybridized carbons (Fsp3) is 1.00. The van der Waals surface area contributed by atoms with Crippen molar-refractivity contribution in [2.24, 2.45) is 5.92 Å². The first-order valence-electron chi connectivity index (χ1n) is 2.98. The van der Waals surface area contributed by atoms with E-state index in [4.69, 9.17) is 0 Å². The summed E-state index contributed by atoms with van der Waals surface area (Å²) in [6, 6.07) is 0. The largest absolute Gasteiger partial charge is 0.320 e. The molecule has 0 aromatic carbocycles. The van der Waals surface area contributed by atoms with E-state index < -0.39 is 0 Å². The Morgan fingerprint density at radius 2 is 2.14 bits per heavy atom. The Kier molecular flexibility index (Phi) is 4.45. The topological polar surface area (TPSA) is 12.0 Å². The molecule has 0 atom stereocenters. The van der Waals surface area contributed by atoms with Crippen LogP contribution in [0.15, 0.2) is 0 Å². The van der Waals surface area contributed by atoms with Gasteiger partial charge in [0, 0.05) is 10.2 Å². The van der Waals surface area contributed by atoms with Gasteiger partial charge in [-0.15, -0.1) is 0 Å². The molecule has 2 heteroatoms. The van der Waals surface area contributed by atoms with E-state index >= 15 is 0 Å². The predicted octanol–water partition coefficient (Wildman–Crippen LogP) is -0.445. The van der Waals surface area contributed by atoms with Gasteiger partial charge < -0.3 is 5.32 Å². The van der Waals surface area contributed by atoms with Crippen LogP contribution in [0, 0.1) is 5.92 Å². The molecule has 0 aliphatic carbocycles. The monoisotopic (exact) mass is 117 g/mol. The molecule has 0 fully saturated rings. The lowest BCUT2D eigenvalue weighted by Gasteiger charge is -2.02. The van der Waals surface area contributed by atoms with E-state index in [1.807, 2.05) is 0 Å². The number of hydrogen-bond donors (Lipinski definition) is 1. The van der Waals surface area contributed by atoms with Gasteiger partial charge in [-0.05, 0) is 18.6 Å². The highest BCUT2D eigenvalue weighted by atomic mass is 28.1. The van der Waals surface area contributed by atoms with Crippen molar-refractivity contribution in [3.63, 3.8) is 0 Å². The predicted molar refractivity (Wildman–Crippen MR) is 37.6 cm³/mol. The van der Waals surface area contributed by atoms with Gasteiger partial charge >= 0.3 is 0 Å². The first-order valence-corrected chi connectivity index (χ1v) is 4.39. The van der Waals surface area contributed by atoms with Crippen molar-refractivity contribution >= 4 is 10.2 Å². The minimum atomic E-state index is 0.814. The highest BCUT2D eigenvalue weighted by Gasteiger charge is 1.86. The molecule has 0 aromatic heterocycles. The highest BCUT2D eigenvalue weighted by molar-refractivity contribution is 6.08. The Hall–Kier alpha value is 0.177. The van der Waals surface area contributed by atoms with E-state index in [1.54, 1.807) is 0 Å². The highest BCUT2D eigenvalue weighted by Crippen LogP contribution is 1.84. The zero-order chi connectivity index (χ0) is 5.70. The second-order valence-electron chi connectivity index (χ2n) is 2.20. The van der Waals surface area contributed by atoms with Crippen molar-refractivity contribution in [2.45, 2.75) is 13.8 Å². The first-order chi connectivity index (χ1) is 3.27. The molecule has 0 radical (unpaired) electrons. The number of rotatable bonds is 3. The van der Waals surface area contributed by atoms with Gasteiger partial charge in [0.05, 0.1) is 0 Å². The third kappa shape index (κ3) is 6.18. The van der Waals surface area contributed by atoms with Crippen LogP contribution in [0.5, 0.6) is 0 Å². The Morgan fingerprint density at radius 3 is 2.29 bits per heavy atom. The lowest BCUT2D eigenvalue weighted by molar-refractivity contribution is 0.586. The van der Waals surface area contributed by atoms with E-state index in [2.05, 4.69) is 19.2 Å². The zero-order valence-electron chi connectivity index (χ0n) is 5.49. The summed E-state index contributed by atoms with van der Waals surface area (Å²) in [5.74, 6) is 0.814. The molecule has 0 aliphatic rings. The second-order valence-corrected chi connectivity index (χ2v) is 2.91. The van der Waals surface area contributed by atoms with Crippen LogP contribution in [0.1, 0.15) is 13.8 Å². The molecule has 0 bridgehead atoms. The summed E-state index contributed by atoms with van der Waals surface area (Å²) < 4.78 is 0. The van der Waals surface area contributed by atoms with E-state index in [0.717, 1.165) is 5.92 Å². The van der Waals surface area contributed by atoms with E-state index in [0.29, 0.717) is 0 Å². The lowest BCUT2D eigenvalue weighted by Crippen LogP contribution is -2.20. The third-order valence-electron chi connectivity index (χ3n) is 0.803. The normalized spacial score (nSPS) is 10.7. The SMILES string of the molecule is CC(C)CNC[SiH3]. The molecule has 44 valence electrons. The standard InChI is InChI=1S/C5H15NSi/c1-5(2)3-6-4-7/h5-6H,3-4H2,1-2,7H3. The van der Waals surface area contributed by atoms with E-state index in [9.17, 15) is 0 Å². The molecular formula is C5H15NSi. The molecule has 1 nitrogen and oxygen atoms in total. The molecule has 0 saturated heterocycles. The molecule has 0 heterocycles. The van der Waals surface area contributed by atoms with Gasteiger partial charge in [0.2, 0.25) is 0 Å². The van der Waals surface area contributed by atoms with Gasteiger partial charge in [-0.25, -0.2) is 0 Å². The van der Waals surface area contributed by atoms with Crippen LogP contribution in [-0.2, 0) is 0 Å². The Morgan fingerprint density at radius 1 is 1.57 bits per heavy atom. The van der Waals surface area contributed by atoms with Gasteiger partial charge in [0.15, 0.2) is 0 Å². The van der Waals surface area contributed by atoms with Crippen molar-refractivity contribution in [3.8, 4) is 0 Å². The summed E-state index contributed by atoms with van der Waals surface area (Å²) in [7, 11) is 1.28. The summed E-state index contributed by atoms with van der Waals surface area (Å²) in [5, 5.41) is 3.31. The smallest absolute Gasteiger partial charge is 0.0201 e. The average Bonchev–Trinajstić information content (AvgIpc) is 1.61. The van der Waals surface area contributed by atoms with Gasteiger partial charge in [-0.2, -0.15) is 0 Å². The molecule has 0 spiro atoms. The van der Waals surface area contributed by atoms with Crippen LogP contribution in [0.2, 0.25) is 0 Å². The quantitative estimate of drug-likeness (QED) is 0.494. The molecule has 0 aliphatic heterocycles. The van der Waals surface area contributed by atoms with Crippen molar-refractivity contribution in [1.82, 2.24) is 5.32 Å². The lowest BCUT2D eigenvalue weighted by atomic mass is 10.2. The van der Waals surface area contributed by atoms with Crippen LogP contribution in [0.3, 0.4) is 0 Å².